The zero-order chi connectivity index (χ0) is 12.1. The molecule has 0 fully saturated rings. The fraction of sp³-hybridized carbons (Fsp3) is 0.615. The van der Waals surface area contributed by atoms with Crippen LogP contribution in [0.15, 0.2) is 16.5 Å². The van der Waals surface area contributed by atoms with E-state index in [0.717, 1.165) is 25.1 Å². The lowest BCUT2D eigenvalue weighted by Crippen LogP contribution is -2.33. The van der Waals surface area contributed by atoms with E-state index in [1.165, 1.54) is 0 Å². The van der Waals surface area contributed by atoms with Crippen molar-refractivity contribution in [3.8, 4) is 0 Å². The third-order valence-electron chi connectivity index (χ3n) is 2.49. The highest BCUT2D eigenvalue weighted by Gasteiger charge is 2.13. The molecule has 0 aliphatic carbocycles. The van der Waals surface area contributed by atoms with Crippen molar-refractivity contribution in [1.29, 1.82) is 0 Å². The average Bonchev–Trinajstić information content (AvgIpc) is 2.63. The molecule has 3 heteroatoms. The molecule has 0 atom stereocenters. The van der Waals surface area contributed by atoms with E-state index in [1.54, 1.807) is 6.07 Å². The summed E-state index contributed by atoms with van der Waals surface area (Å²) in [6.07, 6.45) is 0.742. The molecule has 1 heterocycles. The fourth-order valence-electron chi connectivity index (χ4n) is 1.67. The molecule has 1 aromatic rings. The average molecular weight is 223 g/mol. The van der Waals surface area contributed by atoms with Gasteiger partial charge in [-0.05, 0) is 31.9 Å². The van der Waals surface area contributed by atoms with Crippen molar-refractivity contribution in [3.05, 3.63) is 23.7 Å². The lowest BCUT2D eigenvalue weighted by atomic mass is 10.1. The normalized spacial score (nSPS) is 11.7. The Kier molecular flexibility index (Phi) is 4.74. The zero-order valence-corrected chi connectivity index (χ0v) is 10.6. The second-order valence-electron chi connectivity index (χ2n) is 4.84. The summed E-state index contributed by atoms with van der Waals surface area (Å²) < 4.78 is 5.39. The van der Waals surface area contributed by atoms with Gasteiger partial charge in [-0.15, -0.1) is 0 Å². The second kappa shape index (κ2) is 5.85. The van der Waals surface area contributed by atoms with Crippen LogP contribution in [0.1, 0.15) is 44.0 Å². The quantitative estimate of drug-likeness (QED) is 0.695. The van der Waals surface area contributed by atoms with E-state index in [2.05, 4.69) is 32.6 Å². The van der Waals surface area contributed by atoms with E-state index in [4.69, 9.17) is 4.42 Å². The van der Waals surface area contributed by atoms with Crippen molar-refractivity contribution in [2.24, 2.45) is 5.92 Å². The molecule has 1 rings (SSSR count). The lowest BCUT2D eigenvalue weighted by Gasteiger charge is -2.27. The molecular formula is C13H21NO2. The molecule has 0 aliphatic rings. The van der Waals surface area contributed by atoms with Gasteiger partial charge in [0.05, 0.1) is 6.54 Å². The molecule has 0 aliphatic heterocycles. The van der Waals surface area contributed by atoms with E-state index >= 15 is 0 Å². The molecule has 0 amide bonds. The van der Waals surface area contributed by atoms with Gasteiger partial charge in [-0.1, -0.05) is 13.8 Å². The van der Waals surface area contributed by atoms with Crippen LogP contribution in [-0.4, -0.2) is 23.8 Å². The van der Waals surface area contributed by atoms with E-state index < -0.39 is 0 Å². The first-order valence-corrected chi connectivity index (χ1v) is 5.81. The van der Waals surface area contributed by atoms with Crippen molar-refractivity contribution < 1.29 is 9.21 Å². The van der Waals surface area contributed by atoms with Crippen molar-refractivity contribution >= 4 is 6.29 Å². The van der Waals surface area contributed by atoms with Crippen LogP contribution in [0, 0.1) is 5.92 Å². The van der Waals surface area contributed by atoms with Gasteiger partial charge in [-0.3, -0.25) is 9.69 Å². The Bertz CT molecular complexity index is 328. The molecule has 0 aromatic carbocycles. The molecule has 16 heavy (non-hydrogen) atoms. The van der Waals surface area contributed by atoms with Gasteiger partial charge in [0.25, 0.3) is 0 Å². The number of nitrogens with zero attached hydrogens (tertiary/aromatic N) is 1. The SMILES string of the molecule is CC(C)CN(Cc1ccc(C=O)o1)C(C)C. The standard InChI is InChI=1S/C13H21NO2/c1-10(2)7-14(11(3)4)8-12-5-6-13(9-15)16-12/h5-6,9-11H,7-8H2,1-4H3. The summed E-state index contributed by atoms with van der Waals surface area (Å²) >= 11 is 0. The van der Waals surface area contributed by atoms with E-state index in [1.807, 2.05) is 6.07 Å². The highest BCUT2D eigenvalue weighted by atomic mass is 16.3. The first-order chi connectivity index (χ1) is 7.52. The Morgan fingerprint density at radius 1 is 1.31 bits per heavy atom. The van der Waals surface area contributed by atoms with Crippen molar-refractivity contribution in [2.75, 3.05) is 6.54 Å². The highest BCUT2D eigenvalue weighted by Crippen LogP contribution is 2.13. The largest absolute Gasteiger partial charge is 0.457 e. The fourth-order valence-corrected chi connectivity index (χ4v) is 1.67. The van der Waals surface area contributed by atoms with Crippen LogP contribution in [0.2, 0.25) is 0 Å². The first-order valence-electron chi connectivity index (χ1n) is 5.81. The molecule has 1 aromatic heterocycles. The number of carbonyl (C=O) groups is 1. The Labute approximate surface area is 97.4 Å². The smallest absolute Gasteiger partial charge is 0.185 e. The first kappa shape index (κ1) is 13.0. The third-order valence-corrected chi connectivity index (χ3v) is 2.49. The lowest BCUT2D eigenvalue weighted by molar-refractivity contribution is 0.109. The zero-order valence-electron chi connectivity index (χ0n) is 10.6. The van der Waals surface area contributed by atoms with Gasteiger partial charge >= 0.3 is 0 Å². The van der Waals surface area contributed by atoms with Crippen LogP contribution < -0.4 is 0 Å². The van der Waals surface area contributed by atoms with Crippen LogP contribution in [0.3, 0.4) is 0 Å². The Morgan fingerprint density at radius 2 is 2.00 bits per heavy atom. The maximum Gasteiger partial charge on any atom is 0.185 e. The second-order valence-corrected chi connectivity index (χ2v) is 4.84. The van der Waals surface area contributed by atoms with E-state index in [-0.39, 0.29) is 0 Å². The van der Waals surface area contributed by atoms with Crippen LogP contribution in [0.4, 0.5) is 0 Å². The van der Waals surface area contributed by atoms with Gasteiger partial charge in [0.15, 0.2) is 12.0 Å². The van der Waals surface area contributed by atoms with Gasteiger partial charge in [0.1, 0.15) is 5.76 Å². The number of carbonyl (C=O) groups excluding carboxylic acids is 1. The molecule has 0 radical (unpaired) electrons. The van der Waals surface area contributed by atoms with E-state index in [0.29, 0.717) is 17.7 Å². The predicted molar refractivity (Wildman–Crippen MR) is 64.5 cm³/mol. The van der Waals surface area contributed by atoms with E-state index in [9.17, 15) is 4.79 Å². The van der Waals surface area contributed by atoms with Gasteiger partial charge in [0, 0.05) is 12.6 Å². The monoisotopic (exact) mass is 223 g/mol. The van der Waals surface area contributed by atoms with Crippen molar-refractivity contribution in [1.82, 2.24) is 4.90 Å². The van der Waals surface area contributed by atoms with Gasteiger partial charge in [-0.25, -0.2) is 0 Å². The van der Waals surface area contributed by atoms with Crippen LogP contribution in [-0.2, 0) is 6.54 Å². The summed E-state index contributed by atoms with van der Waals surface area (Å²) in [6.45, 7) is 10.6. The number of hydrogen-bond donors (Lipinski definition) is 0. The minimum atomic E-state index is 0.406. The summed E-state index contributed by atoms with van der Waals surface area (Å²) in [4.78, 5) is 12.9. The topological polar surface area (TPSA) is 33.5 Å². The molecule has 0 bridgehead atoms. The molecule has 0 saturated carbocycles. The summed E-state index contributed by atoms with van der Waals surface area (Å²) in [5, 5.41) is 0. The molecule has 3 nitrogen and oxygen atoms in total. The Hall–Kier alpha value is -1.09. The van der Waals surface area contributed by atoms with Crippen LogP contribution in [0.5, 0.6) is 0 Å². The number of aldehydes is 1. The van der Waals surface area contributed by atoms with Gasteiger partial charge in [-0.2, -0.15) is 0 Å². The van der Waals surface area contributed by atoms with Crippen molar-refractivity contribution in [2.45, 2.75) is 40.3 Å². The Balaban J connectivity index is 2.63. The molecule has 0 unspecified atom stereocenters. The summed E-state index contributed by atoms with van der Waals surface area (Å²) in [7, 11) is 0. The Morgan fingerprint density at radius 3 is 2.44 bits per heavy atom. The minimum absolute atomic E-state index is 0.406. The molecule has 0 saturated heterocycles. The summed E-state index contributed by atoms with van der Waals surface area (Å²) in [5.41, 5.74) is 0. The minimum Gasteiger partial charge on any atom is -0.457 e. The number of hydrogen-bond acceptors (Lipinski definition) is 3. The molecule has 0 N–H and O–H groups in total. The predicted octanol–water partition coefficient (Wildman–Crippen LogP) is 2.96. The third kappa shape index (κ3) is 3.81. The number of furan rings is 1. The molecule has 90 valence electrons. The van der Waals surface area contributed by atoms with Crippen molar-refractivity contribution in [3.63, 3.8) is 0 Å². The maximum absolute atomic E-state index is 10.5. The summed E-state index contributed by atoms with van der Waals surface area (Å²) in [5.74, 6) is 1.89. The number of rotatable bonds is 6. The van der Waals surface area contributed by atoms with Crippen LogP contribution in [0.25, 0.3) is 0 Å². The maximum atomic E-state index is 10.5. The molecule has 0 spiro atoms. The van der Waals surface area contributed by atoms with Gasteiger partial charge < -0.3 is 4.42 Å². The molecular weight excluding hydrogens is 202 g/mol. The van der Waals surface area contributed by atoms with Gasteiger partial charge in [0.2, 0.25) is 0 Å². The highest BCUT2D eigenvalue weighted by molar-refractivity contribution is 5.70. The van der Waals surface area contributed by atoms with Crippen LogP contribution >= 0.6 is 0 Å². The summed E-state index contributed by atoms with van der Waals surface area (Å²) in [6, 6.07) is 4.07.